The van der Waals surface area contributed by atoms with Crippen LogP contribution in [0.25, 0.3) is 0 Å². The van der Waals surface area contributed by atoms with Crippen LogP contribution in [0.2, 0.25) is 0 Å². The first-order valence-corrected chi connectivity index (χ1v) is 2.44. The minimum Gasteiger partial charge on any atom is -0.597 e. The van der Waals surface area contributed by atoms with E-state index >= 15 is 0 Å². The van der Waals surface area contributed by atoms with Crippen molar-refractivity contribution < 1.29 is 18.2 Å². The minimum absolute atomic E-state index is 0.370. The Hall–Kier alpha value is -0.990. The highest BCUT2D eigenvalue weighted by Gasteiger charge is 2.50. The van der Waals surface area contributed by atoms with Crippen LogP contribution in [0.5, 0.6) is 0 Å². The van der Waals surface area contributed by atoms with Gasteiger partial charge in [0.1, 0.15) is 0 Å². The zero-order chi connectivity index (χ0) is 7.99. The van der Waals surface area contributed by atoms with Crippen LogP contribution in [0.15, 0.2) is 0 Å². The van der Waals surface area contributed by atoms with Crippen molar-refractivity contribution in [2.45, 2.75) is 12.8 Å². The average Bonchev–Trinajstić information content (AvgIpc) is 2.45. The third-order valence-electron chi connectivity index (χ3n) is 0.976. The van der Waals surface area contributed by atoms with Crippen molar-refractivity contribution in [3.63, 3.8) is 0 Å². The maximum atomic E-state index is 12.0. The molecule has 0 aromatic heterocycles. The van der Waals surface area contributed by atoms with Crippen molar-refractivity contribution in [2.24, 2.45) is 0 Å². The van der Waals surface area contributed by atoms with Gasteiger partial charge >= 0.3 is 11.8 Å². The minimum atomic E-state index is -3.60. The van der Waals surface area contributed by atoms with Gasteiger partial charge in [0.15, 0.2) is 0 Å². The van der Waals surface area contributed by atoms with Gasteiger partial charge in [-0.1, -0.05) is 0 Å². The van der Waals surface area contributed by atoms with Crippen molar-refractivity contribution in [3.8, 4) is 12.1 Å². The Morgan fingerprint density at radius 3 is 2.10 bits per heavy atom. The van der Waals surface area contributed by atoms with E-state index in [9.17, 15) is 18.8 Å². The van der Waals surface area contributed by atoms with Gasteiger partial charge in [0.2, 0.25) is 12.1 Å². The maximum absolute atomic E-state index is 12.0. The summed E-state index contributed by atoms with van der Waals surface area (Å²) in [5.41, 5.74) is 0. The molecule has 54 valence electrons. The second-order valence-corrected chi connectivity index (χ2v) is 2.03. The van der Waals surface area contributed by atoms with E-state index in [1.165, 1.54) is 0 Å². The zero-order valence-electron chi connectivity index (χ0n) is 5.02. The Bertz CT molecular complexity index is 229. The number of rotatable bonds is 1. The first kappa shape index (κ1) is 7.12. The Kier molecular flexibility index (Phi) is 1.09. The molecule has 0 saturated carbocycles. The van der Waals surface area contributed by atoms with Crippen molar-refractivity contribution >= 4 is 5.91 Å². The molecule has 10 heavy (non-hydrogen) atoms. The number of hydrogen-bond donors (Lipinski definition) is 0. The second kappa shape index (κ2) is 1.54. The van der Waals surface area contributed by atoms with Crippen LogP contribution < -0.4 is 0 Å². The smallest absolute Gasteiger partial charge is 0.409 e. The molecule has 0 radical (unpaired) electrons. The Morgan fingerprint density at radius 1 is 1.60 bits per heavy atom. The molecule has 0 unspecified atom stereocenters. The fourth-order valence-corrected chi connectivity index (χ4v) is 0.423. The summed E-state index contributed by atoms with van der Waals surface area (Å²) in [6, 6.07) is 3.44. The summed E-state index contributed by atoms with van der Waals surface area (Å²) >= 11 is 0. The largest absolute Gasteiger partial charge is 0.597 e. The molecule has 1 heterocycles. The van der Waals surface area contributed by atoms with Crippen LogP contribution in [0.4, 0.5) is 8.78 Å². The van der Waals surface area contributed by atoms with Crippen LogP contribution in [-0.4, -0.2) is 16.5 Å². The first-order valence-electron chi connectivity index (χ1n) is 2.44. The number of halogens is 2. The first-order chi connectivity index (χ1) is 4.36. The van der Waals surface area contributed by atoms with Gasteiger partial charge in [-0.2, -0.15) is 8.78 Å². The summed E-state index contributed by atoms with van der Waals surface area (Å²) in [7, 11) is 0. The molecule has 1 amide bonds. The number of amides is 1. The summed E-state index contributed by atoms with van der Waals surface area (Å²) in [4.78, 5) is 10.3. The van der Waals surface area contributed by atoms with Crippen LogP contribution in [-0.2, 0) is 4.79 Å². The highest BCUT2D eigenvalue weighted by molar-refractivity contribution is 5.80. The fraction of sp³-hybridized carbons (Fsp3) is 0.400. The molecular weight excluding hydrogens is 144 g/mol. The zero-order valence-corrected chi connectivity index (χ0v) is 5.02. The predicted octanol–water partition coefficient (Wildman–Crippen LogP) is 0.415. The van der Waals surface area contributed by atoms with Crippen molar-refractivity contribution in [3.05, 3.63) is 5.21 Å². The summed E-state index contributed by atoms with van der Waals surface area (Å²) in [5, 5.41) is 10.4. The summed E-state index contributed by atoms with van der Waals surface area (Å²) in [6.07, 6.45) is 0. The van der Waals surface area contributed by atoms with E-state index in [-0.39, 0.29) is 0 Å². The Morgan fingerprint density at radius 2 is 2.00 bits per heavy atom. The van der Waals surface area contributed by atoms with E-state index in [1.54, 1.807) is 12.1 Å². The quantitative estimate of drug-likeness (QED) is 0.306. The average molecular weight is 147 g/mol. The standard InChI is InChI=1S/C5H3F2NO2/c1-5(6,7)4(9)8(10)2-3-8/h1H3. The van der Waals surface area contributed by atoms with E-state index in [2.05, 4.69) is 0 Å². The van der Waals surface area contributed by atoms with Gasteiger partial charge < -0.3 is 5.21 Å². The van der Waals surface area contributed by atoms with Crippen molar-refractivity contribution in [1.82, 2.24) is 0 Å². The summed E-state index contributed by atoms with van der Waals surface area (Å²) < 4.78 is 22.2. The molecule has 5 heteroatoms. The molecular formula is C5H3F2NO2. The van der Waals surface area contributed by atoms with Crippen LogP contribution >= 0.6 is 0 Å². The van der Waals surface area contributed by atoms with Gasteiger partial charge in [-0.25, -0.2) is 4.79 Å². The lowest BCUT2D eigenvalue weighted by molar-refractivity contribution is -0.617. The molecule has 0 bridgehead atoms. The predicted molar refractivity (Wildman–Crippen MR) is 27.0 cm³/mol. The molecule has 0 fully saturated rings. The van der Waals surface area contributed by atoms with Crippen LogP contribution in [0.3, 0.4) is 0 Å². The third kappa shape index (κ3) is 0.988. The normalized spacial score (nSPS) is 19.2. The van der Waals surface area contributed by atoms with E-state index in [4.69, 9.17) is 0 Å². The SMILES string of the molecule is CC(F)(F)C(=O)[N+]1([O-])C#C1. The molecule has 0 atom stereocenters. The number of quaternary nitrogens is 1. The molecule has 0 aliphatic carbocycles. The van der Waals surface area contributed by atoms with E-state index in [0.29, 0.717) is 6.92 Å². The van der Waals surface area contributed by atoms with Gasteiger partial charge in [-0.15, -0.1) is 4.65 Å². The maximum Gasteiger partial charge on any atom is 0.409 e. The lowest BCUT2D eigenvalue weighted by atomic mass is 10.3. The van der Waals surface area contributed by atoms with Crippen LogP contribution in [0, 0.1) is 17.3 Å². The van der Waals surface area contributed by atoms with Crippen molar-refractivity contribution in [1.29, 1.82) is 0 Å². The highest BCUT2D eigenvalue weighted by Crippen LogP contribution is 2.23. The van der Waals surface area contributed by atoms with Gasteiger partial charge in [-0.3, -0.25) is 0 Å². The molecule has 0 aromatic rings. The van der Waals surface area contributed by atoms with E-state index < -0.39 is 16.5 Å². The van der Waals surface area contributed by atoms with E-state index in [1.807, 2.05) is 0 Å². The molecule has 1 aliphatic rings. The molecule has 0 N–H and O–H groups in total. The highest BCUT2D eigenvalue weighted by atomic mass is 19.3. The van der Waals surface area contributed by atoms with Gasteiger partial charge in [0.25, 0.3) is 0 Å². The molecule has 3 nitrogen and oxygen atoms in total. The summed E-state index contributed by atoms with van der Waals surface area (Å²) in [6.45, 7) is 0.370. The van der Waals surface area contributed by atoms with Gasteiger partial charge in [0, 0.05) is 6.92 Å². The molecule has 0 aromatic carbocycles. The summed E-state index contributed by atoms with van der Waals surface area (Å²) in [5.74, 6) is -5.34. The Balaban J connectivity index is 2.68. The number of nitrogens with zero attached hydrogens (tertiary/aromatic N) is 1. The number of alkyl halides is 2. The number of hydrogen-bond acceptors (Lipinski definition) is 2. The van der Waals surface area contributed by atoms with Crippen LogP contribution in [0.1, 0.15) is 6.92 Å². The van der Waals surface area contributed by atoms with Gasteiger partial charge in [-0.05, 0) is 0 Å². The lowest BCUT2D eigenvalue weighted by Gasteiger charge is -2.16. The Labute approximate surface area is 55.4 Å². The molecule has 0 saturated heterocycles. The van der Waals surface area contributed by atoms with E-state index in [0.717, 1.165) is 0 Å². The second-order valence-electron chi connectivity index (χ2n) is 2.03. The molecule has 1 aliphatic heterocycles. The molecule has 0 spiro atoms. The van der Waals surface area contributed by atoms with Crippen molar-refractivity contribution in [2.75, 3.05) is 0 Å². The third-order valence-corrected chi connectivity index (χ3v) is 0.976. The lowest BCUT2D eigenvalue weighted by Crippen LogP contribution is -2.41. The fourth-order valence-electron chi connectivity index (χ4n) is 0.423. The topological polar surface area (TPSA) is 40.1 Å². The number of hydroxylamine groups is 3. The molecule has 1 rings (SSSR count). The number of carbonyl (C=O) groups is 1. The number of carbonyl (C=O) groups excluding carboxylic acids is 1. The van der Waals surface area contributed by atoms with Gasteiger partial charge in [0.05, 0.1) is 0 Å². The monoisotopic (exact) mass is 147 g/mol.